The second-order valence-electron chi connectivity index (χ2n) is 7.59. The highest BCUT2D eigenvalue weighted by atomic mass is 32.2. The number of aromatic nitrogens is 1. The van der Waals surface area contributed by atoms with Gasteiger partial charge < -0.3 is 8.98 Å². The summed E-state index contributed by atoms with van der Waals surface area (Å²) in [5.41, 5.74) is 2.87. The fourth-order valence-electron chi connectivity index (χ4n) is 4.31. The smallest absolute Gasteiger partial charge is 0.294 e. The van der Waals surface area contributed by atoms with Crippen molar-refractivity contribution in [3.63, 3.8) is 0 Å². The van der Waals surface area contributed by atoms with Gasteiger partial charge in [-0.3, -0.25) is 0 Å². The number of fused-ring (bicyclic) bond motifs is 1. The van der Waals surface area contributed by atoms with Gasteiger partial charge in [0.2, 0.25) is 4.80 Å². The zero-order valence-corrected chi connectivity index (χ0v) is 19.0. The Labute approximate surface area is 183 Å². The van der Waals surface area contributed by atoms with Crippen molar-refractivity contribution in [3.8, 4) is 11.3 Å². The van der Waals surface area contributed by atoms with Crippen LogP contribution in [0.1, 0.15) is 43.9 Å². The van der Waals surface area contributed by atoms with Gasteiger partial charge in [-0.2, -0.15) is 8.42 Å². The number of benzene rings is 1. The monoisotopic (exact) mass is 458 g/mol. The lowest BCUT2D eigenvalue weighted by molar-refractivity contribution is 0.351. The average Bonchev–Trinajstić information content (AvgIpc) is 3.47. The van der Waals surface area contributed by atoms with Crippen LogP contribution in [0.2, 0.25) is 0 Å². The largest absolute Gasteiger partial charge is 0.461 e. The Hall–Kier alpha value is -2.16. The Bertz CT molecular complexity index is 1350. The number of rotatable bonds is 4. The Morgan fingerprint density at radius 2 is 1.87 bits per heavy atom. The van der Waals surface area contributed by atoms with Gasteiger partial charge in [0.15, 0.2) is 0 Å². The van der Waals surface area contributed by atoms with E-state index >= 15 is 0 Å². The summed E-state index contributed by atoms with van der Waals surface area (Å²) in [6.07, 6.45) is 5.59. The van der Waals surface area contributed by atoms with Gasteiger partial charge in [0.05, 0.1) is 5.69 Å². The molecule has 0 N–H and O–H groups in total. The molecule has 5 nitrogen and oxygen atoms in total. The Morgan fingerprint density at radius 3 is 2.63 bits per heavy atom. The predicted molar refractivity (Wildman–Crippen MR) is 121 cm³/mol. The molecule has 0 aliphatic heterocycles. The molecule has 1 aliphatic rings. The van der Waals surface area contributed by atoms with Crippen LogP contribution in [0.4, 0.5) is 0 Å². The summed E-state index contributed by atoms with van der Waals surface area (Å²) in [6.45, 7) is 1.97. The van der Waals surface area contributed by atoms with Crippen molar-refractivity contribution in [2.45, 2.75) is 49.3 Å². The molecule has 0 unspecified atom stereocenters. The number of hydrogen-bond acceptors (Lipinski definition) is 5. The molecule has 5 rings (SSSR count). The maximum absolute atomic E-state index is 12.9. The van der Waals surface area contributed by atoms with E-state index in [2.05, 4.69) is 15.0 Å². The number of nitrogens with zero attached hydrogens (tertiary/aromatic N) is 2. The van der Waals surface area contributed by atoms with E-state index in [0.717, 1.165) is 53.7 Å². The Balaban J connectivity index is 1.75. The standard InChI is InChI=1S/C22H22N2O3S3/c1-15-21(17-10-5-6-11-19(17)27-15)18-14-29-22(24(18)16-8-3-2-4-9-16)23-30(25,26)20-12-7-13-28-20/h5-7,10-14,16H,2-4,8-9H2,1H3/b23-22+. The highest BCUT2D eigenvalue weighted by Crippen LogP contribution is 2.38. The van der Waals surface area contributed by atoms with Gasteiger partial charge in [-0.05, 0) is 37.3 Å². The number of thiazole rings is 1. The molecule has 0 amide bonds. The van der Waals surface area contributed by atoms with Crippen LogP contribution in [0, 0.1) is 6.92 Å². The van der Waals surface area contributed by atoms with Crippen LogP contribution in [0.25, 0.3) is 22.2 Å². The number of sulfonamides is 1. The minimum atomic E-state index is -3.73. The fourth-order valence-corrected chi connectivity index (χ4v) is 7.43. The predicted octanol–water partition coefficient (Wildman–Crippen LogP) is 6.13. The van der Waals surface area contributed by atoms with Gasteiger partial charge in [0, 0.05) is 22.4 Å². The number of hydrogen-bond donors (Lipinski definition) is 0. The van der Waals surface area contributed by atoms with Gasteiger partial charge in [-0.25, -0.2) is 0 Å². The number of para-hydroxylation sites is 1. The zero-order chi connectivity index (χ0) is 20.7. The van der Waals surface area contributed by atoms with Crippen LogP contribution in [-0.2, 0) is 10.0 Å². The van der Waals surface area contributed by atoms with E-state index in [4.69, 9.17) is 4.42 Å². The third-order valence-corrected chi connectivity index (χ3v) is 9.25. The summed E-state index contributed by atoms with van der Waals surface area (Å²) in [4.78, 5) is 0.537. The normalized spacial score (nSPS) is 16.5. The van der Waals surface area contributed by atoms with Crippen molar-refractivity contribution in [3.05, 3.63) is 57.7 Å². The summed E-state index contributed by atoms with van der Waals surface area (Å²) in [6, 6.07) is 11.6. The van der Waals surface area contributed by atoms with Crippen molar-refractivity contribution < 1.29 is 12.8 Å². The van der Waals surface area contributed by atoms with Crippen molar-refractivity contribution in [2.24, 2.45) is 4.40 Å². The third kappa shape index (κ3) is 3.46. The van der Waals surface area contributed by atoms with E-state index in [1.54, 1.807) is 17.5 Å². The lowest BCUT2D eigenvalue weighted by Crippen LogP contribution is -2.25. The van der Waals surface area contributed by atoms with Gasteiger partial charge in [-0.1, -0.05) is 43.5 Å². The third-order valence-electron chi connectivity index (χ3n) is 5.66. The number of furan rings is 1. The molecule has 0 spiro atoms. The van der Waals surface area contributed by atoms with Gasteiger partial charge in [-0.15, -0.1) is 27.1 Å². The van der Waals surface area contributed by atoms with Crippen molar-refractivity contribution in [2.75, 3.05) is 0 Å². The first-order chi connectivity index (χ1) is 14.5. The van der Waals surface area contributed by atoms with Crippen LogP contribution >= 0.6 is 22.7 Å². The number of aryl methyl sites for hydroxylation is 1. The summed E-state index contributed by atoms with van der Waals surface area (Å²) in [5.74, 6) is 0.839. The molecule has 1 fully saturated rings. The molecule has 1 saturated carbocycles. The minimum Gasteiger partial charge on any atom is -0.461 e. The van der Waals surface area contributed by atoms with Crippen LogP contribution in [-0.4, -0.2) is 13.0 Å². The average molecular weight is 459 g/mol. The second-order valence-corrected chi connectivity index (χ2v) is 11.2. The molecule has 0 radical (unpaired) electrons. The molecule has 3 aromatic heterocycles. The molecule has 1 aromatic carbocycles. The first-order valence-electron chi connectivity index (χ1n) is 10.1. The Morgan fingerprint density at radius 1 is 1.07 bits per heavy atom. The van der Waals surface area contributed by atoms with Crippen LogP contribution in [0.3, 0.4) is 0 Å². The fraction of sp³-hybridized carbons (Fsp3) is 0.318. The van der Waals surface area contributed by atoms with Gasteiger partial charge in [0.1, 0.15) is 15.6 Å². The maximum atomic E-state index is 12.9. The molecule has 30 heavy (non-hydrogen) atoms. The van der Waals surface area contributed by atoms with Crippen molar-refractivity contribution in [1.82, 2.24) is 4.57 Å². The van der Waals surface area contributed by atoms with Crippen molar-refractivity contribution in [1.29, 1.82) is 0 Å². The second kappa shape index (κ2) is 7.83. The van der Waals surface area contributed by atoms with E-state index in [1.807, 2.05) is 30.5 Å². The summed E-state index contributed by atoms with van der Waals surface area (Å²) >= 11 is 2.59. The topological polar surface area (TPSA) is 64.6 Å². The Kier molecular flexibility index (Phi) is 5.16. The van der Waals surface area contributed by atoms with E-state index in [0.29, 0.717) is 4.80 Å². The molecule has 0 saturated heterocycles. The molecular weight excluding hydrogens is 436 g/mol. The van der Waals surface area contributed by atoms with E-state index in [1.165, 1.54) is 29.1 Å². The van der Waals surface area contributed by atoms with Gasteiger partial charge in [0.25, 0.3) is 10.0 Å². The summed E-state index contributed by atoms with van der Waals surface area (Å²) < 4.78 is 38.5. The molecule has 156 valence electrons. The van der Waals surface area contributed by atoms with Crippen LogP contribution in [0.5, 0.6) is 0 Å². The lowest BCUT2D eigenvalue weighted by Gasteiger charge is -2.25. The van der Waals surface area contributed by atoms with E-state index in [9.17, 15) is 8.42 Å². The lowest BCUT2D eigenvalue weighted by atomic mass is 9.94. The van der Waals surface area contributed by atoms with Crippen LogP contribution < -0.4 is 4.80 Å². The maximum Gasteiger partial charge on any atom is 0.294 e. The van der Waals surface area contributed by atoms with Gasteiger partial charge >= 0.3 is 0 Å². The molecule has 0 bridgehead atoms. The first-order valence-corrected chi connectivity index (χ1v) is 13.3. The summed E-state index contributed by atoms with van der Waals surface area (Å²) in [5, 5.41) is 4.84. The van der Waals surface area contributed by atoms with E-state index < -0.39 is 10.0 Å². The minimum absolute atomic E-state index is 0.241. The first kappa shape index (κ1) is 19.8. The summed E-state index contributed by atoms with van der Waals surface area (Å²) in [7, 11) is -3.73. The molecule has 8 heteroatoms. The molecule has 1 aliphatic carbocycles. The highest BCUT2D eigenvalue weighted by molar-refractivity contribution is 7.92. The molecule has 3 heterocycles. The molecule has 0 atom stereocenters. The zero-order valence-electron chi connectivity index (χ0n) is 16.6. The molecular formula is C22H22N2O3S3. The van der Waals surface area contributed by atoms with Crippen molar-refractivity contribution >= 4 is 43.7 Å². The SMILES string of the molecule is Cc1oc2ccccc2c1-c1cs/c(=N/S(=O)(=O)c2cccs2)n1C1CCCCC1. The van der Waals surface area contributed by atoms with E-state index in [-0.39, 0.29) is 10.3 Å². The highest BCUT2D eigenvalue weighted by Gasteiger charge is 2.25. The quantitative estimate of drug-likeness (QED) is 0.370. The molecule has 4 aromatic rings. The number of thiophene rings is 1. The van der Waals surface area contributed by atoms with Crippen LogP contribution in [0.15, 0.2) is 60.2 Å².